The molecule has 0 aromatic carbocycles. The topological polar surface area (TPSA) is 232 Å². The first kappa shape index (κ1) is 50.5. The van der Waals surface area contributed by atoms with Crippen LogP contribution in [0.3, 0.4) is 0 Å². The van der Waals surface area contributed by atoms with Gasteiger partial charge in [-0.3, -0.25) is 4.79 Å². The van der Waals surface area contributed by atoms with Gasteiger partial charge in [0.25, 0.3) is 5.09 Å². The summed E-state index contributed by atoms with van der Waals surface area (Å²) in [7, 11) is 5.09. The van der Waals surface area contributed by atoms with Gasteiger partial charge >= 0.3 is 5.97 Å². The predicted molar refractivity (Wildman–Crippen MR) is 211 cm³/mol. The highest BCUT2D eigenvalue weighted by molar-refractivity contribution is 5.73. The molecule has 58 heavy (non-hydrogen) atoms. The van der Waals surface area contributed by atoms with E-state index >= 15 is 0 Å². The first-order chi connectivity index (χ1) is 26.8. The highest BCUT2D eigenvalue weighted by Crippen LogP contribution is 2.40. The maximum Gasteiger partial charge on any atom is 0.311 e. The standard InChI is InChI=1S/C40H75N3O15/c1-14-29-40(10,49)33(45)26(6)42(12)21-22(2)19-38(8,48)35(58-37-31(44)28(18-23(3)54-37)41(11)16-15-17-53-43(50)51)24(4)32(25(5)36(47)56-29)57-30-20-39(9,52-13)34(46)27(7)55-30/h22-35,37,44-46,48-49H,14-21H2,1-13H3/t22-,23-,24+,25-,26-,27+,28?,29-,30+,31-,32+,33-,34+,35-,37+,38-,39-,40-/m1/s1. The first-order valence-electron chi connectivity index (χ1n) is 20.8. The minimum atomic E-state index is -1.84. The Morgan fingerprint density at radius 3 is 2.22 bits per heavy atom. The molecular weight excluding hydrogens is 762 g/mol. The van der Waals surface area contributed by atoms with Crippen molar-refractivity contribution in [2.24, 2.45) is 17.8 Å². The van der Waals surface area contributed by atoms with Gasteiger partial charge < -0.3 is 68.6 Å². The summed E-state index contributed by atoms with van der Waals surface area (Å²) < 4.78 is 37.6. The summed E-state index contributed by atoms with van der Waals surface area (Å²) in [4.78, 5) is 33.2. The van der Waals surface area contributed by atoms with Gasteiger partial charge in [0.1, 0.15) is 30.0 Å². The van der Waals surface area contributed by atoms with Crippen LogP contribution in [0.1, 0.15) is 101 Å². The Labute approximate surface area is 344 Å². The average molecular weight is 838 g/mol. The van der Waals surface area contributed by atoms with E-state index in [0.29, 0.717) is 25.9 Å². The van der Waals surface area contributed by atoms with Crippen LogP contribution in [0, 0.1) is 27.9 Å². The first-order valence-corrected chi connectivity index (χ1v) is 20.8. The number of rotatable bonds is 12. The second kappa shape index (κ2) is 20.8. The van der Waals surface area contributed by atoms with E-state index in [1.54, 1.807) is 55.5 Å². The van der Waals surface area contributed by atoms with Crippen LogP contribution in [0.4, 0.5) is 0 Å². The van der Waals surface area contributed by atoms with Gasteiger partial charge in [-0.2, -0.15) is 0 Å². The van der Waals surface area contributed by atoms with Crippen molar-refractivity contribution in [3.05, 3.63) is 10.1 Å². The number of likely N-dealkylation sites (N-methyl/N-ethyl adjacent to an activating group) is 2. The third kappa shape index (κ3) is 12.2. The van der Waals surface area contributed by atoms with Crippen molar-refractivity contribution in [2.45, 2.75) is 192 Å². The number of carbonyl (C=O) groups is 1. The number of methoxy groups -OCH3 is 1. The molecule has 3 aliphatic heterocycles. The van der Waals surface area contributed by atoms with Gasteiger partial charge in [0.15, 0.2) is 12.6 Å². The summed E-state index contributed by atoms with van der Waals surface area (Å²) in [5, 5.41) is 68.5. The molecule has 0 spiro atoms. The van der Waals surface area contributed by atoms with Crippen LogP contribution >= 0.6 is 0 Å². The van der Waals surface area contributed by atoms with Crippen LogP contribution in [0.25, 0.3) is 0 Å². The maximum absolute atomic E-state index is 14.3. The molecule has 18 atom stereocenters. The van der Waals surface area contributed by atoms with Crippen LogP contribution < -0.4 is 0 Å². The number of hydrogen-bond acceptors (Lipinski definition) is 17. The zero-order valence-electron chi connectivity index (χ0n) is 37.0. The highest BCUT2D eigenvalue weighted by atomic mass is 16.9. The summed E-state index contributed by atoms with van der Waals surface area (Å²) >= 11 is 0. The molecule has 0 aromatic rings. The maximum atomic E-state index is 14.3. The molecule has 3 aliphatic rings. The molecule has 5 N–H and O–H groups in total. The molecule has 3 fully saturated rings. The Kier molecular flexibility index (Phi) is 18.2. The smallest absolute Gasteiger partial charge is 0.311 e. The number of cyclic esters (lactones) is 1. The Morgan fingerprint density at radius 1 is 1.00 bits per heavy atom. The third-order valence-electron chi connectivity index (χ3n) is 13.0. The van der Waals surface area contributed by atoms with E-state index in [9.17, 15) is 40.4 Å². The lowest BCUT2D eigenvalue weighted by Crippen LogP contribution is -2.61. The number of nitrogens with zero attached hydrogens (tertiary/aromatic N) is 3. The molecule has 0 aromatic heterocycles. The second-order valence-electron chi connectivity index (χ2n) is 18.1. The summed E-state index contributed by atoms with van der Waals surface area (Å²) in [5.74, 6) is -2.84. The van der Waals surface area contributed by atoms with Crippen molar-refractivity contribution >= 4 is 5.97 Å². The van der Waals surface area contributed by atoms with Gasteiger partial charge in [0, 0.05) is 44.6 Å². The Morgan fingerprint density at radius 2 is 1.64 bits per heavy atom. The number of aliphatic hydroxyl groups is 5. The molecule has 0 amide bonds. The molecule has 0 radical (unpaired) electrons. The SMILES string of the molecule is CC[C@H]1OC(=O)[C@H](C)[C@@H](O[C@H]2C[C@@](C)(OC)[C@@H](O)[C@H](C)O2)[C@H](C)[C@@H](O[C@@H]2O[C@H](C)CC(N(C)CCCO[N+](=O)[O-])[C@H]2O)[C@](C)(O)C[C@@H](C)CN(C)[C@H](C)[C@@H](O)[C@]1(C)O. The van der Waals surface area contributed by atoms with E-state index in [-0.39, 0.29) is 31.8 Å². The summed E-state index contributed by atoms with van der Waals surface area (Å²) in [6.07, 6.45) is -9.02. The van der Waals surface area contributed by atoms with Gasteiger partial charge in [-0.15, -0.1) is 10.1 Å². The van der Waals surface area contributed by atoms with Gasteiger partial charge in [-0.1, -0.05) is 20.8 Å². The van der Waals surface area contributed by atoms with Gasteiger partial charge in [-0.05, 0) is 94.2 Å². The molecule has 1 unspecified atom stereocenters. The number of hydrogen-bond donors (Lipinski definition) is 5. The van der Waals surface area contributed by atoms with Crippen molar-refractivity contribution in [3.8, 4) is 0 Å². The Hall–Kier alpha value is -1.81. The average Bonchev–Trinajstić information content (AvgIpc) is 3.14. The van der Waals surface area contributed by atoms with Crippen LogP contribution in [-0.4, -0.2) is 178 Å². The van der Waals surface area contributed by atoms with Crippen LogP contribution in [0.2, 0.25) is 0 Å². The second-order valence-corrected chi connectivity index (χ2v) is 18.1. The monoisotopic (exact) mass is 838 g/mol. The zero-order chi connectivity index (χ0) is 44.1. The summed E-state index contributed by atoms with van der Waals surface area (Å²) in [6, 6.07) is -1.06. The lowest BCUT2D eigenvalue weighted by atomic mass is 9.77. The molecule has 3 saturated heterocycles. The van der Waals surface area contributed by atoms with E-state index in [0.717, 1.165) is 0 Å². The van der Waals surface area contributed by atoms with Crippen LogP contribution in [0.15, 0.2) is 0 Å². The van der Waals surface area contributed by atoms with Crippen LogP contribution in [-0.2, 0) is 38.1 Å². The van der Waals surface area contributed by atoms with Crippen LogP contribution in [0.5, 0.6) is 0 Å². The van der Waals surface area contributed by atoms with E-state index in [2.05, 4.69) is 4.84 Å². The van der Waals surface area contributed by atoms with E-state index in [1.165, 1.54) is 14.0 Å². The fraction of sp³-hybridized carbons (Fsp3) is 0.975. The van der Waals surface area contributed by atoms with Crippen molar-refractivity contribution in [1.82, 2.24) is 9.80 Å². The highest BCUT2D eigenvalue weighted by Gasteiger charge is 2.52. The van der Waals surface area contributed by atoms with E-state index in [4.69, 9.17) is 28.4 Å². The largest absolute Gasteiger partial charge is 0.459 e. The molecule has 340 valence electrons. The lowest BCUT2D eigenvalue weighted by molar-refractivity contribution is -0.757. The fourth-order valence-corrected chi connectivity index (χ4v) is 9.28. The van der Waals surface area contributed by atoms with Crippen molar-refractivity contribution in [1.29, 1.82) is 0 Å². The Balaban J connectivity index is 2.13. The van der Waals surface area contributed by atoms with E-state index < -0.39 is 113 Å². The quantitative estimate of drug-likeness (QED) is 0.0817. The van der Waals surface area contributed by atoms with Gasteiger partial charge in [-0.25, -0.2) is 0 Å². The molecule has 0 saturated carbocycles. The van der Waals surface area contributed by atoms with Gasteiger partial charge in [0.2, 0.25) is 0 Å². The number of aliphatic hydroxyl groups excluding tert-OH is 3. The van der Waals surface area contributed by atoms with Crippen molar-refractivity contribution in [3.63, 3.8) is 0 Å². The molecule has 18 nitrogen and oxygen atoms in total. The van der Waals surface area contributed by atoms with E-state index in [1.807, 2.05) is 30.7 Å². The minimum absolute atomic E-state index is 0.0876. The fourth-order valence-electron chi connectivity index (χ4n) is 9.28. The third-order valence-corrected chi connectivity index (χ3v) is 13.0. The summed E-state index contributed by atoms with van der Waals surface area (Å²) in [5.41, 5.74) is -4.55. The molecule has 18 heteroatoms. The lowest BCUT2D eigenvalue weighted by Gasteiger charge is -2.49. The van der Waals surface area contributed by atoms with Crippen molar-refractivity contribution < 1.29 is 68.7 Å². The Bertz CT molecular complexity index is 1310. The molecule has 3 heterocycles. The molecule has 0 aliphatic carbocycles. The molecular formula is C40H75N3O15. The predicted octanol–water partition coefficient (Wildman–Crippen LogP) is 1.87. The number of ether oxygens (including phenoxy) is 6. The number of esters is 1. The minimum Gasteiger partial charge on any atom is -0.459 e. The normalized spacial score (nSPS) is 45.6. The van der Waals surface area contributed by atoms with Crippen molar-refractivity contribution in [2.75, 3.05) is 40.9 Å². The zero-order valence-corrected chi connectivity index (χ0v) is 37.0. The van der Waals surface area contributed by atoms with Gasteiger partial charge in [0.05, 0.1) is 48.1 Å². The molecule has 3 rings (SSSR count). The molecule has 0 bridgehead atoms. The summed E-state index contributed by atoms with van der Waals surface area (Å²) in [6.45, 7) is 17.9. The number of carbonyl (C=O) groups excluding carboxylic acids is 1.